The quantitative estimate of drug-likeness (QED) is 0.778. The fourth-order valence-corrected chi connectivity index (χ4v) is 2.73. The van der Waals surface area contributed by atoms with Gasteiger partial charge < -0.3 is 10.6 Å². The lowest BCUT2D eigenvalue weighted by atomic mass is 9.68. The summed E-state index contributed by atoms with van der Waals surface area (Å²) >= 11 is 0. The Morgan fingerprint density at radius 3 is 2.82 bits per heavy atom. The number of amides is 1. The molecule has 0 saturated heterocycles. The highest BCUT2D eigenvalue weighted by atomic mass is 16.2. The van der Waals surface area contributed by atoms with Crippen molar-refractivity contribution in [2.75, 3.05) is 17.2 Å². The van der Waals surface area contributed by atoms with Crippen molar-refractivity contribution in [1.29, 1.82) is 0 Å². The summed E-state index contributed by atoms with van der Waals surface area (Å²) in [5.74, 6) is 1.12. The van der Waals surface area contributed by atoms with E-state index in [4.69, 9.17) is 0 Å². The van der Waals surface area contributed by atoms with Crippen molar-refractivity contribution in [2.24, 2.45) is 5.41 Å². The second-order valence-electron chi connectivity index (χ2n) is 5.07. The molecule has 2 aliphatic rings. The zero-order valence-corrected chi connectivity index (χ0v) is 10.3. The van der Waals surface area contributed by atoms with E-state index < -0.39 is 0 Å². The largest absolute Gasteiger partial charge is 0.367 e. The Kier molecular flexibility index (Phi) is 2.18. The zero-order valence-electron chi connectivity index (χ0n) is 10.3. The number of aryl methyl sites for hydroxylation is 2. The van der Waals surface area contributed by atoms with Gasteiger partial charge in [0.1, 0.15) is 11.5 Å². The minimum atomic E-state index is -0.177. The highest BCUT2D eigenvalue weighted by Gasteiger charge is 2.46. The Hall–Kier alpha value is -1.52. The topological polar surface area (TPSA) is 59.0 Å². The minimum absolute atomic E-state index is 0.161. The first kappa shape index (κ1) is 10.6. The summed E-state index contributed by atoms with van der Waals surface area (Å²) in [5, 5.41) is 10.9. The Morgan fingerprint density at radius 2 is 2.24 bits per heavy atom. The number of hydrogen-bond acceptors (Lipinski definition) is 3. The SMILES string of the molecule is CCn1nc(C)c2c1NCC1(CCC1)C(=O)N2. The molecule has 1 aliphatic carbocycles. The molecule has 0 radical (unpaired) electrons. The van der Waals surface area contributed by atoms with Gasteiger partial charge in [-0.25, -0.2) is 4.68 Å². The van der Waals surface area contributed by atoms with Gasteiger partial charge >= 0.3 is 0 Å². The van der Waals surface area contributed by atoms with E-state index in [0.29, 0.717) is 0 Å². The van der Waals surface area contributed by atoms with Gasteiger partial charge in [0.25, 0.3) is 0 Å². The fourth-order valence-electron chi connectivity index (χ4n) is 2.73. The Balaban J connectivity index is 1.99. The second kappa shape index (κ2) is 3.48. The molecule has 5 heteroatoms. The third-order valence-electron chi connectivity index (χ3n) is 4.05. The predicted molar refractivity (Wildman–Crippen MR) is 66.0 cm³/mol. The highest BCUT2D eigenvalue weighted by molar-refractivity contribution is 6.00. The number of fused-ring (bicyclic) bond motifs is 1. The minimum Gasteiger partial charge on any atom is -0.367 e. The van der Waals surface area contributed by atoms with Crippen LogP contribution in [-0.4, -0.2) is 22.2 Å². The third kappa shape index (κ3) is 1.38. The average Bonchev–Trinajstić information content (AvgIpc) is 2.46. The van der Waals surface area contributed by atoms with Gasteiger partial charge in [0.05, 0.1) is 11.1 Å². The van der Waals surface area contributed by atoms with Crippen molar-refractivity contribution in [3.05, 3.63) is 5.69 Å². The first-order valence-corrected chi connectivity index (χ1v) is 6.29. The molecule has 1 spiro atoms. The first-order valence-electron chi connectivity index (χ1n) is 6.29. The van der Waals surface area contributed by atoms with Gasteiger partial charge in [-0.3, -0.25) is 4.79 Å². The molecule has 1 aliphatic heterocycles. The molecule has 1 aromatic rings. The number of aromatic nitrogens is 2. The van der Waals surface area contributed by atoms with Crippen LogP contribution in [0.1, 0.15) is 31.9 Å². The van der Waals surface area contributed by atoms with Crippen molar-refractivity contribution >= 4 is 17.4 Å². The maximum absolute atomic E-state index is 12.2. The Bertz CT molecular complexity index is 473. The summed E-state index contributed by atoms with van der Waals surface area (Å²) in [6, 6.07) is 0. The number of nitrogens with one attached hydrogen (secondary N) is 2. The molecule has 0 aromatic carbocycles. The number of nitrogens with zero attached hydrogens (tertiary/aromatic N) is 2. The van der Waals surface area contributed by atoms with Crippen LogP contribution >= 0.6 is 0 Å². The second-order valence-corrected chi connectivity index (χ2v) is 5.07. The molecule has 2 N–H and O–H groups in total. The number of hydrogen-bond donors (Lipinski definition) is 2. The summed E-state index contributed by atoms with van der Waals surface area (Å²) in [6.07, 6.45) is 3.15. The normalized spacial score (nSPS) is 21.2. The molecule has 3 rings (SSSR count). The fraction of sp³-hybridized carbons (Fsp3) is 0.667. The van der Waals surface area contributed by atoms with Crippen LogP contribution in [0.4, 0.5) is 11.5 Å². The monoisotopic (exact) mass is 234 g/mol. The molecule has 1 saturated carbocycles. The molecule has 0 atom stereocenters. The van der Waals surface area contributed by atoms with Crippen LogP contribution in [0.25, 0.3) is 0 Å². The molecule has 1 amide bonds. The number of anilines is 2. The predicted octanol–water partition coefficient (Wildman–Crippen LogP) is 1.75. The van der Waals surface area contributed by atoms with Crippen molar-refractivity contribution in [2.45, 2.75) is 39.7 Å². The van der Waals surface area contributed by atoms with Crippen LogP contribution in [0.15, 0.2) is 0 Å². The molecule has 17 heavy (non-hydrogen) atoms. The summed E-state index contributed by atoms with van der Waals surface area (Å²) in [7, 11) is 0. The molecule has 2 heterocycles. The van der Waals surface area contributed by atoms with E-state index in [1.54, 1.807) is 0 Å². The van der Waals surface area contributed by atoms with E-state index in [-0.39, 0.29) is 11.3 Å². The Morgan fingerprint density at radius 1 is 1.47 bits per heavy atom. The maximum Gasteiger partial charge on any atom is 0.232 e. The summed E-state index contributed by atoms with van der Waals surface area (Å²) in [6.45, 7) is 5.54. The van der Waals surface area contributed by atoms with Gasteiger partial charge in [-0.1, -0.05) is 6.42 Å². The smallest absolute Gasteiger partial charge is 0.232 e. The zero-order chi connectivity index (χ0) is 12.0. The van der Waals surface area contributed by atoms with E-state index in [1.807, 2.05) is 11.6 Å². The molecular formula is C12H18N4O. The van der Waals surface area contributed by atoms with Crippen molar-refractivity contribution in [1.82, 2.24) is 9.78 Å². The van der Waals surface area contributed by atoms with E-state index in [2.05, 4.69) is 22.7 Å². The summed E-state index contributed by atoms with van der Waals surface area (Å²) < 4.78 is 1.92. The van der Waals surface area contributed by atoms with Crippen LogP contribution in [0.5, 0.6) is 0 Å². The van der Waals surface area contributed by atoms with Crippen LogP contribution in [0, 0.1) is 12.3 Å². The Labute approximate surface area is 101 Å². The number of carbonyl (C=O) groups excluding carboxylic acids is 1. The van der Waals surface area contributed by atoms with Gasteiger partial charge in [0.15, 0.2) is 0 Å². The highest BCUT2D eigenvalue weighted by Crippen LogP contribution is 2.44. The van der Waals surface area contributed by atoms with Crippen LogP contribution in [-0.2, 0) is 11.3 Å². The summed E-state index contributed by atoms with van der Waals surface area (Å²) in [4.78, 5) is 12.2. The molecular weight excluding hydrogens is 216 g/mol. The standard InChI is InChI=1S/C12H18N4O/c1-3-16-10-9(8(2)15-16)14-11(17)12(7-13-10)5-4-6-12/h13H,3-7H2,1-2H3,(H,14,17). The number of carbonyl (C=O) groups is 1. The van der Waals surface area contributed by atoms with E-state index in [1.165, 1.54) is 0 Å². The van der Waals surface area contributed by atoms with Crippen LogP contribution in [0.3, 0.4) is 0 Å². The van der Waals surface area contributed by atoms with Gasteiger partial charge in [0.2, 0.25) is 5.91 Å². The van der Waals surface area contributed by atoms with E-state index in [9.17, 15) is 4.79 Å². The third-order valence-corrected chi connectivity index (χ3v) is 4.05. The lowest BCUT2D eigenvalue weighted by molar-refractivity contribution is -0.129. The summed E-state index contributed by atoms with van der Waals surface area (Å²) in [5.41, 5.74) is 1.57. The molecule has 1 fully saturated rings. The molecule has 0 bridgehead atoms. The molecule has 92 valence electrons. The molecule has 0 unspecified atom stereocenters. The van der Waals surface area contributed by atoms with Crippen LogP contribution < -0.4 is 10.6 Å². The van der Waals surface area contributed by atoms with E-state index >= 15 is 0 Å². The number of rotatable bonds is 1. The van der Waals surface area contributed by atoms with Crippen LogP contribution in [0.2, 0.25) is 0 Å². The van der Waals surface area contributed by atoms with Crippen molar-refractivity contribution < 1.29 is 4.79 Å². The van der Waals surface area contributed by atoms with E-state index in [0.717, 1.165) is 49.6 Å². The van der Waals surface area contributed by atoms with Crippen molar-refractivity contribution in [3.63, 3.8) is 0 Å². The molecule has 1 aromatic heterocycles. The van der Waals surface area contributed by atoms with Gasteiger partial charge in [0, 0.05) is 13.1 Å². The first-order chi connectivity index (χ1) is 8.16. The average molecular weight is 234 g/mol. The van der Waals surface area contributed by atoms with Crippen molar-refractivity contribution in [3.8, 4) is 0 Å². The van der Waals surface area contributed by atoms with Gasteiger partial charge in [-0.15, -0.1) is 0 Å². The maximum atomic E-state index is 12.2. The van der Waals surface area contributed by atoms with Gasteiger partial charge in [-0.05, 0) is 26.7 Å². The molecule has 5 nitrogen and oxygen atoms in total. The lowest BCUT2D eigenvalue weighted by Gasteiger charge is -2.38. The lowest BCUT2D eigenvalue weighted by Crippen LogP contribution is -2.45. The van der Waals surface area contributed by atoms with Gasteiger partial charge in [-0.2, -0.15) is 5.10 Å².